The Hall–Kier alpha value is -2.45. The average Bonchev–Trinajstić information content (AvgIpc) is 2.70. The second-order valence-corrected chi connectivity index (χ2v) is 6.43. The van der Waals surface area contributed by atoms with Crippen molar-refractivity contribution in [3.8, 4) is 11.5 Å². The van der Waals surface area contributed by atoms with Gasteiger partial charge in [0.2, 0.25) is 0 Å². The van der Waals surface area contributed by atoms with Gasteiger partial charge in [-0.2, -0.15) is 0 Å². The van der Waals surface area contributed by atoms with Crippen LogP contribution in [-0.2, 0) is 4.74 Å². The Balaban J connectivity index is 1.73. The Morgan fingerprint density at radius 2 is 1.93 bits per heavy atom. The molecular formula is C20H23NO6. The zero-order valence-corrected chi connectivity index (χ0v) is 14.9. The van der Waals surface area contributed by atoms with Crippen molar-refractivity contribution >= 4 is 5.91 Å². The lowest BCUT2D eigenvalue weighted by molar-refractivity contribution is -0.179. The molecule has 1 amide bonds. The summed E-state index contributed by atoms with van der Waals surface area (Å²) in [4.78, 5) is 11.7. The highest BCUT2D eigenvalue weighted by molar-refractivity contribution is 5.94. The summed E-state index contributed by atoms with van der Waals surface area (Å²) in [5, 5.41) is 32.0. The van der Waals surface area contributed by atoms with E-state index in [2.05, 4.69) is 5.32 Å². The van der Waals surface area contributed by atoms with Gasteiger partial charge in [-0.25, -0.2) is 0 Å². The molecule has 1 heterocycles. The summed E-state index contributed by atoms with van der Waals surface area (Å²) in [5.41, 5.74) is 1.17. The largest absolute Gasteiger partial charge is 0.457 e. The van der Waals surface area contributed by atoms with Crippen LogP contribution in [0.25, 0.3) is 0 Å². The molecule has 1 saturated heterocycles. The van der Waals surface area contributed by atoms with Crippen molar-refractivity contribution in [1.82, 2.24) is 5.32 Å². The molecule has 1 aliphatic rings. The summed E-state index contributed by atoms with van der Waals surface area (Å²) in [7, 11) is 1.56. The number of carbonyl (C=O) groups excluding carboxylic acids is 1. The maximum absolute atomic E-state index is 11.7. The van der Waals surface area contributed by atoms with E-state index in [1.807, 2.05) is 0 Å². The van der Waals surface area contributed by atoms with E-state index in [0.29, 0.717) is 22.6 Å². The van der Waals surface area contributed by atoms with Gasteiger partial charge in [-0.05, 0) is 35.9 Å². The number of nitrogens with one attached hydrogen (secondary N) is 1. The molecule has 27 heavy (non-hydrogen) atoms. The molecule has 4 atom stereocenters. The number of amides is 1. The van der Waals surface area contributed by atoms with Gasteiger partial charge in [0.15, 0.2) is 0 Å². The molecule has 0 radical (unpaired) electrons. The van der Waals surface area contributed by atoms with E-state index in [9.17, 15) is 20.1 Å². The van der Waals surface area contributed by atoms with Crippen LogP contribution in [0, 0.1) is 0 Å². The molecule has 0 bridgehead atoms. The van der Waals surface area contributed by atoms with E-state index in [0.717, 1.165) is 0 Å². The lowest BCUT2D eigenvalue weighted by atomic mass is 9.93. The van der Waals surface area contributed by atoms with Crippen molar-refractivity contribution in [3.63, 3.8) is 0 Å². The Morgan fingerprint density at radius 3 is 2.59 bits per heavy atom. The maximum Gasteiger partial charge on any atom is 0.251 e. The van der Waals surface area contributed by atoms with Crippen LogP contribution in [0.1, 0.15) is 28.4 Å². The topological polar surface area (TPSA) is 108 Å². The van der Waals surface area contributed by atoms with Crippen LogP contribution < -0.4 is 10.1 Å². The summed E-state index contributed by atoms with van der Waals surface area (Å²) >= 11 is 0. The number of ether oxygens (including phenoxy) is 2. The average molecular weight is 373 g/mol. The summed E-state index contributed by atoms with van der Waals surface area (Å²) < 4.78 is 11.4. The van der Waals surface area contributed by atoms with Crippen molar-refractivity contribution in [3.05, 3.63) is 59.7 Å². The maximum atomic E-state index is 11.7. The van der Waals surface area contributed by atoms with Gasteiger partial charge in [0.25, 0.3) is 5.91 Å². The Kier molecular flexibility index (Phi) is 6.08. The molecule has 4 unspecified atom stereocenters. The SMILES string of the molecule is CNC(=O)c1cccc(Oc2ccc(C3OC(CO)CC(O)C3O)cc2)c1. The first-order valence-corrected chi connectivity index (χ1v) is 8.74. The molecule has 0 aromatic heterocycles. The third-order valence-corrected chi connectivity index (χ3v) is 4.52. The van der Waals surface area contributed by atoms with Crippen LogP contribution in [0.2, 0.25) is 0 Å². The fourth-order valence-electron chi connectivity index (χ4n) is 3.05. The predicted octanol–water partition coefficient (Wildman–Crippen LogP) is 1.38. The van der Waals surface area contributed by atoms with E-state index < -0.39 is 24.4 Å². The fourth-order valence-corrected chi connectivity index (χ4v) is 3.05. The van der Waals surface area contributed by atoms with Gasteiger partial charge in [0.05, 0.1) is 18.8 Å². The van der Waals surface area contributed by atoms with Gasteiger partial charge in [-0.3, -0.25) is 4.79 Å². The van der Waals surface area contributed by atoms with Gasteiger partial charge >= 0.3 is 0 Å². The normalized spacial score (nSPS) is 25.0. The minimum atomic E-state index is -1.07. The van der Waals surface area contributed by atoms with Gasteiger partial charge < -0.3 is 30.1 Å². The van der Waals surface area contributed by atoms with Crippen molar-refractivity contribution in [2.45, 2.75) is 30.8 Å². The molecule has 3 rings (SSSR count). The van der Waals surface area contributed by atoms with Crippen molar-refractivity contribution < 1.29 is 29.6 Å². The molecule has 4 N–H and O–H groups in total. The molecular weight excluding hydrogens is 350 g/mol. The number of aliphatic hydroxyl groups excluding tert-OH is 3. The van der Waals surface area contributed by atoms with Crippen LogP contribution in [0.15, 0.2) is 48.5 Å². The summed E-state index contributed by atoms with van der Waals surface area (Å²) in [6.45, 7) is -0.219. The smallest absolute Gasteiger partial charge is 0.251 e. The molecule has 0 spiro atoms. The number of carbonyl (C=O) groups is 1. The zero-order valence-electron chi connectivity index (χ0n) is 14.9. The standard InChI is InChI=1S/C20H23NO6/c1-21-20(25)13-3-2-4-15(9-13)26-14-7-5-12(6-8-14)19-18(24)17(23)10-16(11-22)27-19/h2-9,16-19,22-24H,10-11H2,1H3,(H,21,25). The highest BCUT2D eigenvalue weighted by Gasteiger charge is 2.37. The van der Waals surface area contributed by atoms with Crippen LogP contribution in [0.4, 0.5) is 0 Å². The molecule has 2 aromatic rings. The predicted molar refractivity (Wildman–Crippen MR) is 97.7 cm³/mol. The minimum absolute atomic E-state index is 0.192. The van der Waals surface area contributed by atoms with Gasteiger partial charge in [0, 0.05) is 19.0 Å². The van der Waals surface area contributed by atoms with Crippen molar-refractivity contribution in [1.29, 1.82) is 0 Å². The first kappa shape index (κ1) is 19.3. The number of hydrogen-bond donors (Lipinski definition) is 4. The molecule has 1 fully saturated rings. The van der Waals surface area contributed by atoms with Gasteiger partial charge in [-0.15, -0.1) is 0 Å². The summed E-state index contributed by atoms with van der Waals surface area (Å²) in [5.74, 6) is 0.877. The quantitative estimate of drug-likeness (QED) is 0.631. The second kappa shape index (κ2) is 8.49. The van der Waals surface area contributed by atoms with E-state index in [1.165, 1.54) is 0 Å². The molecule has 0 saturated carbocycles. The van der Waals surface area contributed by atoms with Crippen molar-refractivity contribution in [2.75, 3.05) is 13.7 Å². The first-order chi connectivity index (χ1) is 13.0. The number of rotatable bonds is 5. The van der Waals surface area contributed by atoms with Gasteiger partial charge in [-0.1, -0.05) is 18.2 Å². The molecule has 0 aliphatic carbocycles. The van der Waals surface area contributed by atoms with Crippen LogP contribution >= 0.6 is 0 Å². The fraction of sp³-hybridized carbons (Fsp3) is 0.350. The number of benzene rings is 2. The minimum Gasteiger partial charge on any atom is -0.457 e. The van der Waals surface area contributed by atoms with E-state index in [1.54, 1.807) is 55.6 Å². The number of aliphatic hydroxyl groups is 3. The molecule has 1 aliphatic heterocycles. The molecule has 144 valence electrons. The summed E-state index contributed by atoms with van der Waals surface area (Å²) in [6, 6.07) is 13.7. The van der Waals surface area contributed by atoms with Crippen LogP contribution in [-0.4, -0.2) is 53.2 Å². The van der Waals surface area contributed by atoms with Crippen LogP contribution in [0.5, 0.6) is 11.5 Å². The highest BCUT2D eigenvalue weighted by atomic mass is 16.5. The first-order valence-electron chi connectivity index (χ1n) is 8.74. The van der Waals surface area contributed by atoms with E-state index in [4.69, 9.17) is 9.47 Å². The Morgan fingerprint density at radius 1 is 1.19 bits per heavy atom. The lowest BCUT2D eigenvalue weighted by Crippen LogP contribution is -2.44. The van der Waals surface area contributed by atoms with Crippen molar-refractivity contribution in [2.24, 2.45) is 0 Å². The summed E-state index contributed by atoms with van der Waals surface area (Å²) in [6.07, 6.45) is -3.07. The van der Waals surface area contributed by atoms with Gasteiger partial charge in [0.1, 0.15) is 23.7 Å². The Labute approximate surface area is 157 Å². The third kappa shape index (κ3) is 4.45. The monoisotopic (exact) mass is 373 g/mol. The second-order valence-electron chi connectivity index (χ2n) is 6.43. The van der Waals surface area contributed by atoms with Crippen LogP contribution in [0.3, 0.4) is 0 Å². The molecule has 2 aromatic carbocycles. The Bertz CT molecular complexity index is 778. The number of hydrogen-bond acceptors (Lipinski definition) is 6. The lowest BCUT2D eigenvalue weighted by Gasteiger charge is -2.36. The van der Waals surface area contributed by atoms with E-state index in [-0.39, 0.29) is 18.9 Å². The molecule has 7 nitrogen and oxygen atoms in total. The van der Waals surface area contributed by atoms with E-state index >= 15 is 0 Å². The highest BCUT2D eigenvalue weighted by Crippen LogP contribution is 2.33. The third-order valence-electron chi connectivity index (χ3n) is 4.52. The molecule has 7 heteroatoms. The zero-order chi connectivity index (χ0) is 19.4.